The summed E-state index contributed by atoms with van der Waals surface area (Å²) in [5.74, 6) is -0.188. The number of nitrogens with one attached hydrogen (secondary N) is 1. The Bertz CT molecular complexity index is 1250. The average Bonchev–Trinajstić information content (AvgIpc) is 2.79. The lowest BCUT2D eigenvalue weighted by Gasteiger charge is -2.14. The molecule has 0 radical (unpaired) electrons. The first kappa shape index (κ1) is 19.2. The quantitative estimate of drug-likeness (QED) is 0.673. The molecule has 0 bridgehead atoms. The summed E-state index contributed by atoms with van der Waals surface area (Å²) in [6.45, 7) is 0. The number of aromatic nitrogens is 1. The zero-order valence-electron chi connectivity index (χ0n) is 14.9. The van der Waals surface area contributed by atoms with Crippen LogP contribution in [0.1, 0.15) is 10.4 Å². The van der Waals surface area contributed by atoms with Crippen molar-refractivity contribution in [1.82, 2.24) is 4.98 Å². The normalized spacial score (nSPS) is 13.2. The maximum absolute atomic E-state index is 13.2. The van der Waals surface area contributed by atoms with E-state index in [2.05, 4.69) is 9.71 Å². The van der Waals surface area contributed by atoms with E-state index in [1.54, 1.807) is 12.1 Å². The van der Waals surface area contributed by atoms with Gasteiger partial charge in [0, 0.05) is 13.2 Å². The molecule has 0 spiro atoms. The number of amides is 1. The summed E-state index contributed by atoms with van der Waals surface area (Å²) < 4.78 is 46.8. The van der Waals surface area contributed by atoms with Crippen LogP contribution in [0.2, 0.25) is 5.02 Å². The fourth-order valence-electron chi connectivity index (χ4n) is 2.82. The minimum absolute atomic E-state index is 0.0132. The monoisotopic (exact) mass is 433 g/mol. The molecule has 1 aliphatic heterocycles. The number of rotatable bonds is 3. The Labute approximate surface area is 170 Å². The summed E-state index contributed by atoms with van der Waals surface area (Å²) in [4.78, 5) is 18.1. The molecule has 1 amide bonds. The number of hydrogen-bond acceptors (Lipinski definition) is 5. The molecule has 148 valence electrons. The second-order valence-electron chi connectivity index (χ2n) is 6.18. The van der Waals surface area contributed by atoms with Gasteiger partial charge in [0.1, 0.15) is 11.6 Å². The van der Waals surface area contributed by atoms with E-state index in [0.717, 1.165) is 12.1 Å². The van der Waals surface area contributed by atoms with Gasteiger partial charge in [-0.3, -0.25) is 14.4 Å². The van der Waals surface area contributed by atoms with E-state index in [4.69, 9.17) is 16.3 Å². The zero-order valence-corrected chi connectivity index (χ0v) is 16.5. The van der Waals surface area contributed by atoms with Gasteiger partial charge in [0.25, 0.3) is 15.9 Å². The third-order valence-electron chi connectivity index (χ3n) is 4.26. The number of sulfonamides is 1. The van der Waals surface area contributed by atoms with Crippen LogP contribution in [0, 0.1) is 5.82 Å². The molecular formula is C19H13ClFN3O4S. The van der Waals surface area contributed by atoms with Gasteiger partial charge in [-0.25, -0.2) is 17.8 Å². The van der Waals surface area contributed by atoms with Gasteiger partial charge in [0.15, 0.2) is 11.6 Å². The summed E-state index contributed by atoms with van der Waals surface area (Å²) in [5.41, 5.74) is 0.0675. The third kappa shape index (κ3) is 3.50. The number of carbonyl (C=O) groups excluding carboxylic acids is 1. The van der Waals surface area contributed by atoms with Crippen LogP contribution < -0.4 is 14.4 Å². The molecule has 2 heterocycles. The Hall–Kier alpha value is -3.17. The molecule has 0 saturated carbocycles. The number of benzene rings is 2. The number of carbonyl (C=O) groups is 1. The Kier molecular flexibility index (Phi) is 4.64. The van der Waals surface area contributed by atoms with Crippen molar-refractivity contribution < 1.29 is 22.3 Å². The lowest BCUT2D eigenvalue weighted by molar-refractivity contribution is 0.0992. The lowest BCUT2D eigenvalue weighted by Crippen LogP contribution is -2.26. The van der Waals surface area contributed by atoms with Gasteiger partial charge in [-0.05, 0) is 48.5 Å². The third-order valence-corrected chi connectivity index (χ3v) is 5.94. The lowest BCUT2D eigenvalue weighted by atomic mass is 10.2. The van der Waals surface area contributed by atoms with Gasteiger partial charge < -0.3 is 4.74 Å². The van der Waals surface area contributed by atoms with E-state index < -0.39 is 21.7 Å². The molecule has 1 aromatic heterocycles. The first-order valence-electron chi connectivity index (χ1n) is 8.29. The van der Waals surface area contributed by atoms with Gasteiger partial charge in [-0.15, -0.1) is 0 Å². The smallest absolute Gasteiger partial charge is 0.263 e. The fraction of sp³-hybridized carbons (Fsp3) is 0.0526. The minimum atomic E-state index is -4.10. The van der Waals surface area contributed by atoms with Crippen molar-refractivity contribution >= 4 is 39.0 Å². The highest BCUT2D eigenvalue weighted by Gasteiger charge is 2.28. The second-order valence-corrected chi connectivity index (χ2v) is 8.27. The van der Waals surface area contributed by atoms with Gasteiger partial charge in [-0.1, -0.05) is 11.6 Å². The first-order chi connectivity index (χ1) is 13.8. The zero-order chi connectivity index (χ0) is 20.8. The van der Waals surface area contributed by atoms with E-state index in [-0.39, 0.29) is 26.9 Å². The molecule has 1 N–H and O–H groups in total. The SMILES string of the molecule is CN1C(=O)c2cc(S(=O)(=O)Nc3ccc(F)cc3Cl)ccc2Oc2cccnc21. The standard InChI is InChI=1S/C19H13ClFN3O4S/c1-24-18-17(3-2-8-22-18)28-16-7-5-12(10-13(16)19(24)25)29(26,27)23-15-6-4-11(21)9-14(15)20/h2-10,23H,1H3. The van der Waals surface area contributed by atoms with E-state index in [1.807, 2.05) is 0 Å². The topological polar surface area (TPSA) is 88.6 Å². The summed E-state index contributed by atoms with van der Waals surface area (Å²) in [6.07, 6.45) is 1.52. The minimum Gasteiger partial charge on any atom is -0.453 e. The molecule has 2 aromatic carbocycles. The van der Waals surface area contributed by atoms with Gasteiger partial charge in [0.2, 0.25) is 0 Å². The Morgan fingerprint density at radius 1 is 1.14 bits per heavy atom. The Morgan fingerprint density at radius 2 is 1.93 bits per heavy atom. The summed E-state index contributed by atoms with van der Waals surface area (Å²) >= 11 is 5.90. The number of ether oxygens (including phenoxy) is 1. The molecule has 4 rings (SSSR count). The molecule has 0 saturated heterocycles. The summed E-state index contributed by atoms with van der Waals surface area (Å²) in [5, 5.41) is -0.0935. The van der Waals surface area contributed by atoms with Crippen molar-refractivity contribution in [3.05, 3.63) is 71.1 Å². The van der Waals surface area contributed by atoms with Gasteiger partial charge >= 0.3 is 0 Å². The van der Waals surface area contributed by atoms with Crippen LogP contribution in [-0.2, 0) is 10.0 Å². The predicted molar refractivity (Wildman–Crippen MR) is 106 cm³/mol. The second kappa shape index (κ2) is 7.02. The summed E-state index contributed by atoms with van der Waals surface area (Å²) in [6, 6.07) is 10.5. The molecule has 0 aliphatic carbocycles. The van der Waals surface area contributed by atoms with Gasteiger partial charge in [-0.2, -0.15) is 0 Å². The molecule has 1 aliphatic rings. The van der Waals surface area contributed by atoms with Crippen LogP contribution in [0.15, 0.2) is 59.6 Å². The molecule has 29 heavy (non-hydrogen) atoms. The van der Waals surface area contributed by atoms with Crippen LogP contribution in [0.25, 0.3) is 0 Å². The number of hydrogen-bond donors (Lipinski definition) is 1. The molecule has 0 unspecified atom stereocenters. The van der Waals surface area contributed by atoms with Crippen LogP contribution in [0.3, 0.4) is 0 Å². The van der Waals surface area contributed by atoms with Crippen molar-refractivity contribution in [1.29, 1.82) is 0 Å². The van der Waals surface area contributed by atoms with Crippen molar-refractivity contribution in [2.24, 2.45) is 0 Å². The number of halogens is 2. The van der Waals surface area contributed by atoms with Crippen LogP contribution in [0.5, 0.6) is 11.5 Å². The summed E-state index contributed by atoms with van der Waals surface area (Å²) in [7, 11) is -2.58. The Balaban J connectivity index is 1.74. The molecule has 3 aromatic rings. The van der Waals surface area contributed by atoms with Crippen LogP contribution in [-0.4, -0.2) is 26.4 Å². The number of fused-ring (bicyclic) bond motifs is 2. The van der Waals surface area contributed by atoms with Crippen molar-refractivity contribution in [3.8, 4) is 11.5 Å². The maximum atomic E-state index is 13.2. The average molecular weight is 434 g/mol. The number of pyridine rings is 1. The van der Waals surface area contributed by atoms with Crippen molar-refractivity contribution in [3.63, 3.8) is 0 Å². The van der Waals surface area contributed by atoms with E-state index >= 15 is 0 Å². The number of anilines is 2. The van der Waals surface area contributed by atoms with E-state index in [9.17, 15) is 17.6 Å². The molecule has 0 fully saturated rings. The van der Waals surface area contributed by atoms with Crippen LogP contribution in [0.4, 0.5) is 15.9 Å². The highest BCUT2D eigenvalue weighted by molar-refractivity contribution is 7.92. The molecule has 0 atom stereocenters. The predicted octanol–water partition coefficient (Wildman–Crippen LogP) is 4.06. The highest BCUT2D eigenvalue weighted by Crippen LogP contribution is 2.37. The van der Waals surface area contributed by atoms with E-state index in [0.29, 0.717) is 11.6 Å². The van der Waals surface area contributed by atoms with Crippen molar-refractivity contribution in [2.45, 2.75) is 4.90 Å². The molecular weight excluding hydrogens is 421 g/mol. The largest absolute Gasteiger partial charge is 0.453 e. The number of nitrogens with zero attached hydrogens (tertiary/aromatic N) is 2. The van der Waals surface area contributed by atoms with Crippen molar-refractivity contribution in [2.75, 3.05) is 16.7 Å². The maximum Gasteiger partial charge on any atom is 0.263 e. The fourth-order valence-corrected chi connectivity index (χ4v) is 4.19. The molecule has 7 nitrogen and oxygen atoms in total. The van der Waals surface area contributed by atoms with E-state index in [1.165, 1.54) is 42.4 Å². The van der Waals surface area contributed by atoms with Crippen LogP contribution >= 0.6 is 11.6 Å². The highest BCUT2D eigenvalue weighted by atomic mass is 35.5. The first-order valence-corrected chi connectivity index (χ1v) is 10.2. The molecule has 10 heteroatoms. The van der Waals surface area contributed by atoms with Gasteiger partial charge in [0.05, 0.1) is 21.2 Å². The Morgan fingerprint density at radius 3 is 2.69 bits per heavy atom.